The van der Waals surface area contributed by atoms with Gasteiger partial charge >= 0.3 is 0 Å². The maximum absolute atomic E-state index is 15.5. The van der Waals surface area contributed by atoms with Gasteiger partial charge in [-0.1, -0.05) is 112 Å². The van der Waals surface area contributed by atoms with Gasteiger partial charge in [-0.2, -0.15) is 0 Å². The van der Waals surface area contributed by atoms with Crippen LogP contribution in [0, 0.1) is 0 Å². The van der Waals surface area contributed by atoms with E-state index in [4.69, 9.17) is 0 Å². The van der Waals surface area contributed by atoms with Crippen LogP contribution in [0.1, 0.15) is 61.8 Å². The molecule has 2 heteroatoms. The summed E-state index contributed by atoms with van der Waals surface area (Å²) in [6, 6.07) is 27.0. The third kappa shape index (κ3) is 5.28. The van der Waals surface area contributed by atoms with Crippen molar-refractivity contribution >= 4 is 22.4 Å². The van der Waals surface area contributed by atoms with Crippen molar-refractivity contribution in [1.29, 1.82) is 0 Å². The van der Waals surface area contributed by atoms with Gasteiger partial charge in [0.15, 0.2) is 11.7 Å². The van der Waals surface area contributed by atoms with Crippen molar-refractivity contribution in [2.45, 2.75) is 52.4 Å². The molecule has 0 saturated heterocycles. The molecule has 0 aliphatic heterocycles. The Kier molecular flexibility index (Phi) is 7.90. The third-order valence-corrected chi connectivity index (χ3v) is 6.46. The third-order valence-electron chi connectivity index (χ3n) is 6.46. The summed E-state index contributed by atoms with van der Waals surface area (Å²) >= 11 is 0. The second-order valence-electron chi connectivity index (χ2n) is 8.94. The molecule has 0 N–H and O–H groups in total. The van der Waals surface area contributed by atoms with E-state index in [1.54, 1.807) is 18.2 Å². The molecule has 0 aliphatic carbocycles. The van der Waals surface area contributed by atoms with E-state index in [1.807, 2.05) is 42.5 Å². The molecule has 174 valence electrons. The molecular formula is C32H32F2. The molecule has 0 fully saturated rings. The van der Waals surface area contributed by atoms with Crippen molar-refractivity contribution in [3.05, 3.63) is 107 Å². The number of aryl methyl sites for hydroxylation is 2. The summed E-state index contributed by atoms with van der Waals surface area (Å²) < 4.78 is 30.7. The number of hydrogen-bond donors (Lipinski definition) is 0. The lowest BCUT2D eigenvalue weighted by molar-refractivity contribution is 0.701. The Morgan fingerprint density at radius 1 is 0.588 bits per heavy atom. The maximum atomic E-state index is 15.5. The predicted molar refractivity (Wildman–Crippen MR) is 142 cm³/mol. The first-order chi connectivity index (χ1) is 16.6. The number of hydrogen-bond acceptors (Lipinski definition) is 0. The van der Waals surface area contributed by atoms with E-state index < -0.39 is 11.7 Å². The average molecular weight is 455 g/mol. The van der Waals surface area contributed by atoms with E-state index in [0.29, 0.717) is 5.39 Å². The molecule has 0 aliphatic rings. The minimum Gasteiger partial charge on any atom is -0.203 e. The second kappa shape index (κ2) is 11.2. The molecule has 0 amide bonds. The van der Waals surface area contributed by atoms with Crippen LogP contribution in [0.3, 0.4) is 0 Å². The SMILES string of the molecule is CCCCc1ccc(/C(F)=C(\F)c2ccc(-c3ccc(CCCC)cc3)c3ccccc23)cc1. The van der Waals surface area contributed by atoms with Gasteiger partial charge in [-0.3, -0.25) is 0 Å². The van der Waals surface area contributed by atoms with Crippen molar-refractivity contribution in [3.63, 3.8) is 0 Å². The number of benzene rings is 4. The number of rotatable bonds is 9. The molecule has 0 spiro atoms. The van der Waals surface area contributed by atoms with E-state index in [0.717, 1.165) is 47.8 Å². The summed E-state index contributed by atoms with van der Waals surface area (Å²) in [5.74, 6) is -1.64. The molecule has 4 aromatic carbocycles. The zero-order chi connectivity index (χ0) is 23.9. The minimum atomic E-state index is -0.820. The van der Waals surface area contributed by atoms with Crippen molar-refractivity contribution in [2.75, 3.05) is 0 Å². The van der Waals surface area contributed by atoms with Gasteiger partial charge < -0.3 is 0 Å². The molecule has 0 aromatic heterocycles. The van der Waals surface area contributed by atoms with Gasteiger partial charge in [0, 0.05) is 11.1 Å². The fraction of sp³-hybridized carbons (Fsp3) is 0.250. The van der Waals surface area contributed by atoms with Crippen LogP contribution in [0.4, 0.5) is 8.78 Å². The molecule has 0 atom stereocenters. The van der Waals surface area contributed by atoms with Crippen LogP contribution in [-0.4, -0.2) is 0 Å². The predicted octanol–water partition coefficient (Wildman–Crippen LogP) is 9.96. The molecule has 34 heavy (non-hydrogen) atoms. The van der Waals surface area contributed by atoms with Gasteiger partial charge in [0.25, 0.3) is 0 Å². The maximum Gasteiger partial charge on any atom is 0.167 e. The van der Waals surface area contributed by atoms with E-state index >= 15 is 8.78 Å². The van der Waals surface area contributed by atoms with Crippen LogP contribution in [0.15, 0.2) is 84.9 Å². The van der Waals surface area contributed by atoms with E-state index in [1.165, 1.54) is 18.4 Å². The zero-order valence-corrected chi connectivity index (χ0v) is 20.1. The summed E-state index contributed by atoms with van der Waals surface area (Å²) in [6.07, 6.45) is 6.58. The van der Waals surface area contributed by atoms with Crippen LogP contribution in [0.5, 0.6) is 0 Å². The highest BCUT2D eigenvalue weighted by atomic mass is 19.2. The lowest BCUT2D eigenvalue weighted by Gasteiger charge is -2.12. The van der Waals surface area contributed by atoms with Crippen molar-refractivity contribution < 1.29 is 8.78 Å². The van der Waals surface area contributed by atoms with Gasteiger partial charge in [-0.15, -0.1) is 0 Å². The van der Waals surface area contributed by atoms with Gasteiger partial charge in [-0.05, 0) is 58.7 Å². The lowest BCUT2D eigenvalue weighted by atomic mass is 9.93. The smallest absolute Gasteiger partial charge is 0.167 e. The van der Waals surface area contributed by atoms with Crippen LogP contribution < -0.4 is 0 Å². The summed E-state index contributed by atoms with van der Waals surface area (Å²) in [4.78, 5) is 0. The Balaban J connectivity index is 1.70. The molecule has 0 nitrogen and oxygen atoms in total. The summed E-state index contributed by atoms with van der Waals surface area (Å²) in [5, 5.41) is 1.63. The largest absolute Gasteiger partial charge is 0.203 e. The van der Waals surface area contributed by atoms with Crippen LogP contribution in [-0.2, 0) is 12.8 Å². The Bertz CT molecular complexity index is 1260. The van der Waals surface area contributed by atoms with Crippen LogP contribution in [0.25, 0.3) is 33.6 Å². The molecule has 0 saturated carbocycles. The highest BCUT2D eigenvalue weighted by molar-refractivity contribution is 6.04. The van der Waals surface area contributed by atoms with Gasteiger partial charge in [-0.25, -0.2) is 8.78 Å². The van der Waals surface area contributed by atoms with E-state index in [9.17, 15) is 0 Å². The highest BCUT2D eigenvalue weighted by Gasteiger charge is 2.16. The Hall–Kier alpha value is -3.26. The standard InChI is InChI=1S/C32H32F2/c1-3-5-9-23-13-17-25(18-14-23)27-21-22-30(29-12-8-7-11-28(27)29)32(34)31(33)26-19-15-24(16-20-26)10-6-4-2/h7-8,11-22H,3-6,9-10H2,1-2H3/b32-31+. The minimum absolute atomic E-state index is 0.272. The lowest BCUT2D eigenvalue weighted by Crippen LogP contribution is -1.91. The quantitative estimate of drug-likeness (QED) is 0.221. The number of unbranched alkanes of at least 4 members (excludes halogenated alkanes) is 2. The van der Waals surface area contributed by atoms with Gasteiger partial charge in [0.05, 0.1) is 0 Å². The van der Waals surface area contributed by atoms with E-state index in [2.05, 4.69) is 38.1 Å². The summed E-state index contributed by atoms with van der Waals surface area (Å²) in [7, 11) is 0. The molecule has 0 radical (unpaired) electrons. The first kappa shape index (κ1) is 23.9. The molecule has 0 unspecified atom stereocenters. The molecule has 0 bridgehead atoms. The van der Waals surface area contributed by atoms with Crippen molar-refractivity contribution in [3.8, 4) is 11.1 Å². The Labute approximate surface area is 202 Å². The van der Waals surface area contributed by atoms with Gasteiger partial charge in [0.2, 0.25) is 0 Å². The molecular weight excluding hydrogens is 422 g/mol. The van der Waals surface area contributed by atoms with Crippen LogP contribution in [0.2, 0.25) is 0 Å². The molecule has 4 aromatic rings. The first-order valence-corrected chi connectivity index (χ1v) is 12.4. The molecule has 4 rings (SSSR count). The normalized spacial score (nSPS) is 12.1. The average Bonchev–Trinajstić information content (AvgIpc) is 2.90. The highest BCUT2D eigenvalue weighted by Crippen LogP contribution is 2.37. The Morgan fingerprint density at radius 2 is 1.15 bits per heavy atom. The first-order valence-electron chi connectivity index (χ1n) is 12.4. The zero-order valence-electron chi connectivity index (χ0n) is 20.1. The van der Waals surface area contributed by atoms with E-state index in [-0.39, 0.29) is 11.1 Å². The summed E-state index contributed by atoms with van der Waals surface area (Å²) in [5.41, 5.74) is 5.13. The van der Waals surface area contributed by atoms with Crippen molar-refractivity contribution in [2.24, 2.45) is 0 Å². The topological polar surface area (TPSA) is 0 Å². The fourth-order valence-electron chi connectivity index (χ4n) is 4.42. The number of halogens is 2. The van der Waals surface area contributed by atoms with Gasteiger partial charge in [0.1, 0.15) is 0 Å². The number of fused-ring (bicyclic) bond motifs is 1. The summed E-state index contributed by atoms with van der Waals surface area (Å²) in [6.45, 7) is 4.34. The Morgan fingerprint density at radius 3 is 1.74 bits per heavy atom. The van der Waals surface area contributed by atoms with Crippen molar-refractivity contribution in [1.82, 2.24) is 0 Å². The second-order valence-corrected chi connectivity index (χ2v) is 8.94. The molecule has 0 heterocycles. The van der Waals surface area contributed by atoms with Crippen LogP contribution >= 0.6 is 0 Å². The monoisotopic (exact) mass is 454 g/mol. The fourth-order valence-corrected chi connectivity index (χ4v) is 4.42.